The minimum absolute atomic E-state index is 0.0171. The highest BCUT2D eigenvalue weighted by atomic mass is 32.2. The largest absolute Gasteiger partial charge is 0.497 e. The van der Waals surface area contributed by atoms with Crippen LogP contribution >= 0.6 is 0 Å². The molecule has 0 aliphatic carbocycles. The fraction of sp³-hybridized carbons (Fsp3) is 0.188. The second-order valence-corrected chi connectivity index (χ2v) is 7.11. The number of carbonyl (C=O) groups excluding carboxylic acids is 1. The van der Waals surface area contributed by atoms with E-state index in [0.717, 1.165) is 4.31 Å². The lowest BCUT2D eigenvalue weighted by Gasteiger charge is -2.23. The minimum atomic E-state index is -4.05. The van der Waals surface area contributed by atoms with Crippen molar-refractivity contribution in [3.63, 3.8) is 0 Å². The number of nitrogens with zero attached hydrogens (tertiary/aromatic N) is 4. The molecule has 0 fully saturated rings. The number of pyridine rings is 1. The van der Waals surface area contributed by atoms with E-state index in [2.05, 4.69) is 14.9 Å². The Bertz CT molecular complexity index is 1050. The number of hydrogen-bond acceptors (Lipinski definition) is 7. The zero-order valence-electron chi connectivity index (χ0n) is 14.1. The van der Waals surface area contributed by atoms with Gasteiger partial charge in [-0.15, -0.1) is 10.2 Å². The summed E-state index contributed by atoms with van der Waals surface area (Å²) in [7, 11) is -1.39. The van der Waals surface area contributed by atoms with Gasteiger partial charge in [-0.25, -0.2) is 8.42 Å². The lowest BCUT2D eigenvalue weighted by atomic mass is 10.3. The van der Waals surface area contributed by atoms with Crippen molar-refractivity contribution >= 4 is 27.3 Å². The molecular weight excluding hydrogens is 360 g/mol. The van der Waals surface area contributed by atoms with Crippen LogP contribution in [0, 0.1) is 0 Å². The molecule has 0 N–H and O–H groups in total. The summed E-state index contributed by atoms with van der Waals surface area (Å²) in [6.45, 7) is -0.480. The summed E-state index contributed by atoms with van der Waals surface area (Å²) < 4.78 is 38.6. The van der Waals surface area contributed by atoms with E-state index in [4.69, 9.17) is 4.74 Å². The summed E-state index contributed by atoms with van der Waals surface area (Å²) in [5.74, 6) is -0.233. The van der Waals surface area contributed by atoms with Crippen molar-refractivity contribution in [1.29, 1.82) is 0 Å². The van der Waals surface area contributed by atoms with Crippen molar-refractivity contribution in [3.05, 3.63) is 48.9 Å². The Morgan fingerprint density at radius 3 is 2.77 bits per heavy atom. The topological polar surface area (TPSA) is 103 Å². The Morgan fingerprint density at radius 2 is 2.04 bits per heavy atom. The fourth-order valence-electron chi connectivity index (χ4n) is 2.35. The van der Waals surface area contributed by atoms with E-state index in [-0.39, 0.29) is 10.6 Å². The molecule has 136 valence electrons. The van der Waals surface area contributed by atoms with Crippen molar-refractivity contribution in [2.24, 2.45) is 0 Å². The molecule has 3 aromatic rings. The van der Waals surface area contributed by atoms with Crippen LogP contribution in [-0.4, -0.2) is 49.7 Å². The second-order valence-electron chi connectivity index (χ2n) is 5.25. The van der Waals surface area contributed by atoms with E-state index in [1.807, 2.05) is 0 Å². The van der Waals surface area contributed by atoms with Crippen LogP contribution in [0.15, 0.2) is 53.8 Å². The first-order valence-electron chi connectivity index (χ1n) is 7.48. The van der Waals surface area contributed by atoms with Gasteiger partial charge in [0.15, 0.2) is 5.65 Å². The summed E-state index contributed by atoms with van der Waals surface area (Å²) in [4.78, 5) is 11.8. The van der Waals surface area contributed by atoms with Gasteiger partial charge in [-0.05, 0) is 24.3 Å². The zero-order chi connectivity index (χ0) is 18.7. The maximum Gasteiger partial charge on any atom is 0.326 e. The molecule has 0 saturated heterocycles. The van der Waals surface area contributed by atoms with Crippen molar-refractivity contribution in [2.75, 3.05) is 25.1 Å². The van der Waals surface area contributed by atoms with Gasteiger partial charge in [-0.1, -0.05) is 6.07 Å². The average Bonchev–Trinajstić information content (AvgIpc) is 3.13. The van der Waals surface area contributed by atoms with Crippen LogP contribution in [0.25, 0.3) is 5.65 Å². The van der Waals surface area contributed by atoms with E-state index in [1.54, 1.807) is 18.2 Å². The maximum atomic E-state index is 13.2. The summed E-state index contributed by atoms with van der Waals surface area (Å²) >= 11 is 0. The molecule has 0 bridgehead atoms. The molecule has 0 spiro atoms. The molecule has 9 nitrogen and oxygen atoms in total. The van der Waals surface area contributed by atoms with Gasteiger partial charge in [-0.2, -0.15) is 0 Å². The highest BCUT2D eigenvalue weighted by Gasteiger charge is 2.28. The van der Waals surface area contributed by atoms with Gasteiger partial charge in [-0.3, -0.25) is 13.5 Å². The van der Waals surface area contributed by atoms with Crippen LogP contribution < -0.4 is 9.04 Å². The molecular formula is C16H16N4O5S. The van der Waals surface area contributed by atoms with E-state index in [0.29, 0.717) is 11.4 Å². The SMILES string of the molecule is COC(=O)CN(c1cccc(OC)c1)S(=O)(=O)c1ccc2nncn2c1. The predicted molar refractivity (Wildman–Crippen MR) is 92.5 cm³/mol. The Kier molecular flexibility index (Phi) is 4.76. The summed E-state index contributed by atoms with van der Waals surface area (Å²) in [6.07, 6.45) is 2.78. The molecule has 0 unspecified atom stereocenters. The Balaban J connectivity index is 2.10. The van der Waals surface area contributed by atoms with Crippen molar-refractivity contribution in [3.8, 4) is 5.75 Å². The molecule has 0 saturated carbocycles. The number of anilines is 1. The van der Waals surface area contributed by atoms with Crippen LogP contribution in [0.5, 0.6) is 5.75 Å². The third-order valence-electron chi connectivity index (χ3n) is 3.69. The number of methoxy groups -OCH3 is 2. The van der Waals surface area contributed by atoms with Crippen molar-refractivity contribution in [1.82, 2.24) is 14.6 Å². The van der Waals surface area contributed by atoms with Gasteiger partial charge in [0.2, 0.25) is 0 Å². The Labute approximate surface area is 149 Å². The van der Waals surface area contributed by atoms with Crippen molar-refractivity contribution in [2.45, 2.75) is 4.90 Å². The van der Waals surface area contributed by atoms with E-state index in [9.17, 15) is 13.2 Å². The van der Waals surface area contributed by atoms with Crippen LogP contribution in [0.4, 0.5) is 5.69 Å². The molecule has 2 heterocycles. The summed E-state index contributed by atoms with van der Waals surface area (Å²) in [5, 5.41) is 7.57. The van der Waals surface area contributed by atoms with Crippen molar-refractivity contribution < 1.29 is 22.7 Å². The molecule has 3 rings (SSSR count). The molecule has 1 aromatic carbocycles. The highest BCUT2D eigenvalue weighted by molar-refractivity contribution is 7.92. The van der Waals surface area contributed by atoms with Gasteiger partial charge in [0.05, 0.1) is 19.9 Å². The van der Waals surface area contributed by atoms with Crippen LogP contribution in [0.2, 0.25) is 0 Å². The third-order valence-corrected chi connectivity index (χ3v) is 5.45. The smallest absolute Gasteiger partial charge is 0.326 e. The van der Waals surface area contributed by atoms with Gasteiger partial charge in [0, 0.05) is 12.3 Å². The third kappa shape index (κ3) is 3.31. The van der Waals surface area contributed by atoms with E-state index >= 15 is 0 Å². The van der Waals surface area contributed by atoms with Crippen LogP contribution in [-0.2, 0) is 19.6 Å². The van der Waals surface area contributed by atoms with Crippen LogP contribution in [0.1, 0.15) is 0 Å². The second kappa shape index (κ2) is 7.00. The first kappa shape index (κ1) is 17.7. The predicted octanol–water partition coefficient (Wildman–Crippen LogP) is 1.11. The molecule has 0 aliphatic heterocycles. The summed E-state index contributed by atoms with van der Waals surface area (Å²) in [5.41, 5.74) is 0.781. The van der Waals surface area contributed by atoms with Gasteiger partial charge < -0.3 is 9.47 Å². The van der Waals surface area contributed by atoms with Gasteiger partial charge in [0.25, 0.3) is 10.0 Å². The Morgan fingerprint density at radius 1 is 1.23 bits per heavy atom. The van der Waals surface area contributed by atoms with Gasteiger partial charge in [0.1, 0.15) is 23.5 Å². The lowest BCUT2D eigenvalue weighted by molar-refractivity contribution is -0.138. The molecule has 0 atom stereocenters. The number of hydrogen-bond donors (Lipinski definition) is 0. The maximum absolute atomic E-state index is 13.2. The standard InChI is InChI=1S/C16H16N4O5S/c1-24-13-5-3-4-12(8-13)20(10-16(21)25-2)26(22,23)14-6-7-15-18-17-11-19(15)9-14/h3-9,11H,10H2,1-2H3. The molecule has 2 aromatic heterocycles. The number of benzene rings is 1. The highest BCUT2D eigenvalue weighted by Crippen LogP contribution is 2.27. The summed E-state index contributed by atoms with van der Waals surface area (Å²) in [6, 6.07) is 9.34. The fourth-order valence-corrected chi connectivity index (χ4v) is 3.76. The molecule has 10 heteroatoms. The number of esters is 1. The number of sulfonamides is 1. The van der Waals surface area contributed by atoms with E-state index in [1.165, 1.54) is 49.3 Å². The number of fused-ring (bicyclic) bond motifs is 1. The molecule has 0 radical (unpaired) electrons. The van der Waals surface area contributed by atoms with Gasteiger partial charge >= 0.3 is 5.97 Å². The number of rotatable bonds is 6. The van der Waals surface area contributed by atoms with E-state index < -0.39 is 22.5 Å². The first-order valence-corrected chi connectivity index (χ1v) is 8.92. The van der Waals surface area contributed by atoms with Crippen LogP contribution in [0.3, 0.4) is 0 Å². The normalized spacial score (nSPS) is 11.3. The molecule has 0 aliphatic rings. The number of ether oxygens (including phenoxy) is 2. The first-order chi connectivity index (χ1) is 12.5. The average molecular weight is 376 g/mol. The molecule has 26 heavy (non-hydrogen) atoms. The quantitative estimate of drug-likeness (QED) is 0.594. The Hall–Kier alpha value is -3.14. The minimum Gasteiger partial charge on any atom is -0.497 e. The lowest BCUT2D eigenvalue weighted by Crippen LogP contribution is -2.36. The number of aromatic nitrogens is 3. The number of carbonyl (C=O) groups is 1. The molecule has 0 amide bonds. The zero-order valence-corrected chi connectivity index (χ0v) is 14.9. The monoisotopic (exact) mass is 376 g/mol.